The van der Waals surface area contributed by atoms with E-state index in [1.807, 2.05) is 13.1 Å². The number of hydrogen-bond acceptors (Lipinski definition) is 3. The summed E-state index contributed by atoms with van der Waals surface area (Å²) in [4.78, 5) is 0.416. The molecule has 1 N–H and O–H groups in total. The summed E-state index contributed by atoms with van der Waals surface area (Å²) in [5, 5.41) is 2.87. The Bertz CT molecular complexity index is 586. The maximum atomic E-state index is 13.1. The predicted octanol–water partition coefficient (Wildman–Crippen LogP) is 3.64. The van der Waals surface area contributed by atoms with Crippen molar-refractivity contribution in [3.05, 3.63) is 28.7 Å². The molecule has 3 atom stereocenters. The summed E-state index contributed by atoms with van der Waals surface area (Å²) in [6, 6.07) is 7.16. The molecule has 5 heteroatoms. The maximum Gasteiger partial charge on any atom is 0.183 e. The molecule has 0 aromatic heterocycles. The summed E-state index contributed by atoms with van der Waals surface area (Å²) in [5.74, 6) is 1.01. The standard InChI is InChI=1S/C16H24BrNO2S/c1-11(2)12-8-9-14(18-3)16(10-12)21(19,20)15-7-5-4-6-13(15)17/h4-7,11-12,14,16,18H,8-10H2,1-3H3. The van der Waals surface area contributed by atoms with Crippen LogP contribution in [0.15, 0.2) is 33.6 Å². The summed E-state index contributed by atoms with van der Waals surface area (Å²) in [6.45, 7) is 4.37. The van der Waals surface area contributed by atoms with E-state index >= 15 is 0 Å². The van der Waals surface area contributed by atoms with Gasteiger partial charge in [-0.2, -0.15) is 0 Å². The van der Waals surface area contributed by atoms with E-state index in [1.165, 1.54) is 0 Å². The molecule has 0 heterocycles. The van der Waals surface area contributed by atoms with E-state index in [2.05, 4.69) is 35.1 Å². The maximum absolute atomic E-state index is 13.1. The van der Waals surface area contributed by atoms with Gasteiger partial charge in [0.1, 0.15) is 0 Å². The molecule has 0 spiro atoms. The summed E-state index contributed by atoms with van der Waals surface area (Å²) in [5.41, 5.74) is 0. The molecule has 1 aromatic rings. The Kier molecular flexibility index (Phi) is 5.49. The molecule has 2 rings (SSSR count). The van der Waals surface area contributed by atoms with Gasteiger partial charge in [0.2, 0.25) is 0 Å². The van der Waals surface area contributed by atoms with Gasteiger partial charge in [-0.05, 0) is 66.2 Å². The highest BCUT2D eigenvalue weighted by Gasteiger charge is 2.40. The zero-order chi connectivity index (χ0) is 15.6. The Balaban J connectivity index is 2.38. The minimum absolute atomic E-state index is 0.0390. The summed E-state index contributed by atoms with van der Waals surface area (Å²) >= 11 is 3.39. The largest absolute Gasteiger partial charge is 0.316 e. The van der Waals surface area contributed by atoms with Gasteiger partial charge in [-0.25, -0.2) is 8.42 Å². The van der Waals surface area contributed by atoms with Crippen LogP contribution in [0, 0.1) is 11.8 Å². The molecule has 1 fully saturated rings. The fraction of sp³-hybridized carbons (Fsp3) is 0.625. The van der Waals surface area contributed by atoms with Crippen LogP contribution in [-0.4, -0.2) is 26.8 Å². The molecule has 1 aliphatic rings. The molecule has 1 aromatic carbocycles. The van der Waals surface area contributed by atoms with Gasteiger partial charge in [0, 0.05) is 10.5 Å². The molecular formula is C16H24BrNO2S. The zero-order valence-corrected chi connectivity index (χ0v) is 15.2. The van der Waals surface area contributed by atoms with Crippen molar-refractivity contribution in [3.63, 3.8) is 0 Å². The van der Waals surface area contributed by atoms with Crippen molar-refractivity contribution in [2.24, 2.45) is 11.8 Å². The lowest BCUT2D eigenvalue weighted by atomic mass is 9.79. The number of sulfone groups is 1. The van der Waals surface area contributed by atoms with Crippen molar-refractivity contribution in [1.82, 2.24) is 5.32 Å². The molecule has 0 radical (unpaired) electrons. The second-order valence-corrected chi connectivity index (χ2v) is 9.22. The van der Waals surface area contributed by atoms with E-state index in [9.17, 15) is 8.42 Å². The number of benzene rings is 1. The van der Waals surface area contributed by atoms with Crippen LogP contribution in [0.5, 0.6) is 0 Å². The van der Waals surface area contributed by atoms with Crippen LogP contribution < -0.4 is 5.32 Å². The van der Waals surface area contributed by atoms with Crippen LogP contribution in [-0.2, 0) is 9.84 Å². The van der Waals surface area contributed by atoms with Gasteiger partial charge in [-0.15, -0.1) is 0 Å². The first-order valence-electron chi connectivity index (χ1n) is 7.53. The molecule has 118 valence electrons. The van der Waals surface area contributed by atoms with Crippen molar-refractivity contribution >= 4 is 25.8 Å². The van der Waals surface area contributed by atoms with Crippen LogP contribution in [0.3, 0.4) is 0 Å². The fourth-order valence-corrected chi connectivity index (χ4v) is 6.38. The number of nitrogens with one attached hydrogen (secondary N) is 1. The molecule has 0 aliphatic heterocycles. The van der Waals surface area contributed by atoms with Crippen molar-refractivity contribution < 1.29 is 8.42 Å². The van der Waals surface area contributed by atoms with E-state index in [0.717, 1.165) is 19.3 Å². The normalized spacial score (nSPS) is 27.0. The van der Waals surface area contributed by atoms with E-state index in [4.69, 9.17) is 0 Å². The number of halogens is 1. The van der Waals surface area contributed by atoms with E-state index < -0.39 is 9.84 Å². The Labute approximate surface area is 136 Å². The van der Waals surface area contributed by atoms with Gasteiger partial charge in [0.05, 0.1) is 10.1 Å². The molecule has 21 heavy (non-hydrogen) atoms. The summed E-state index contributed by atoms with van der Waals surface area (Å²) < 4.78 is 26.8. The van der Waals surface area contributed by atoms with Crippen LogP contribution >= 0.6 is 15.9 Å². The molecule has 3 unspecified atom stereocenters. The Morgan fingerprint density at radius 2 is 1.90 bits per heavy atom. The highest BCUT2D eigenvalue weighted by atomic mass is 79.9. The van der Waals surface area contributed by atoms with E-state index in [-0.39, 0.29) is 11.3 Å². The number of hydrogen-bond donors (Lipinski definition) is 1. The first-order chi connectivity index (χ1) is 9.87. The monoisotopic (exact) mass is 373 g/mol. The molecule has 1 saturated carbocycles. The lowest BCUT2D eigenvalue weighted by Crippen LogP contribution is -2.47. The van der Waals surface area contributed by atoms with Crippen molar-refractivity contribution in [2.45, 2.75) is 49.3 Å². The van der Waals surface area contributed by atoms with Crippen molar-refractivity contribution in [2.75, 3.05) is 7.05 Å². The molecular weight excluding hydrogens is 350 g/mol. The van der Waals surface area contributed by atoms with Gasteiger partial charge < -0.3 is 5.32 Å². The van der Waals surface area contributed by atoms with Crippen molar-refractivity contribution in [1.29, 1.82) is 0 Å². The smallest absolute Gasteiger partial charge is 0.183 e. The summed E-state index contributed by atoms with van der Waals surface area (Å²) in [6.07, 6.45) is 2.77. The van der Waals surface area contributed by atoms with Gasteiger partial charge in [0.25, 0.3) is 0 Å². The Morgan fingerprint density at radius 1 is 1.24 bits per heavy atom. The van der Waals surface area contributed by atoms with E-state index in [0.29, 0.717) is 21.2 Å². The lowest BCUT2D eigenvalue weighted by Gasteiger charge is -2.37. The van der Waals surface area contributed by atoms with Gasteiger partial charge in [-0.1, -0.05) is 26.0 Å². The second kappa shape index (κ2) is 6.80. The molecule has 0 saturated heterocycles. The van der Waals surface area contributed by atoms with Crippen LogP contribution in [0.4, 0.5) is 0 Å². The van der Waals surface area contributed by atoms with Gasteiger partial charge >= 0.3 is 0 Å². The highest BCUT2D eigenvalue weighted by molar-refractivity contribution is 9.10. The zero-order valence-electron chi connectivity index (χ0n) is 12.8. The topological polar surface area (TPSA) is 46.2 Å². The average Bonchev–Trinajstić information content (AvgIpc) is 2.46. The first-order valence-corrected chi connectivity index (χ1v) is 9.87. The summed E-state index contributed by atoms with van der Waals surface area (Å²) in [7, 11) is -1.47. The Hall–Kier alpha value is -0.390. The predicted molar refractivity (Wildman–Crippen MR) is 90.1 cm³/mol. The minimum Gasteiger partial charge on any atom is -0.316 e. The third kappa shape index (κ3) is 3.51. The van der Waals surface area contributed by atoms with Gasteiger partial charge in [-0.3, -0.25) is 0 Å². The van der Waals surface area contributed by atoms with E-state index in [1.54, 1.807) is 18.2 Å². The van der Waals surface area contributed by atoms with Crippen LogP contribution in [0.1, 0.15) is 33.1 Å². The Morgan fingerprint density at radius 3 is 2.48 bits per heavy atom. The van der Waals surface area contributed by atoms with Crippen LogP contribution in [0.25, 0.3) is 0 Å². The molecule has 3 nitrogen and oxygen atoms in total. The highest BCUT2D eigenvalue weighted by Crippen LogP contribution is 2.37. The third-order valence-electron chi connectivity index (χ3n) is 4.69. The minimum atomic E-state index is -3.33. The molecule has 1 aliphatic carbocycles. The third-order valence-corrected chi connectivity index (χ3v) is 7.93. The second-order valence-electron chi connectivity index (χ2n) is 6.23. The van der Waals surface area contributed by atoms with Gasteiger partial charge in [0.15, 0.2) is 9.84 Å². The quantitative estimate of drug-likeness (QED) is 0.875. The lowest BCUT2D eigenvalue weighted by molar-refractivity contribution is 0.246. The molecule has 0 bridgehead atoms. The fourth-order valence-electron chi connectivity index (χ4n) is 3.28. The van der Waals surface area contributed by atoms with Crippen molar-refractivity contribution in [3.8, 4) is 0 Å². The van der Waals surface area contributed by atoms with Crippen LogP contribution in [0.2, 0.25) is 0 Å². The average molecular weight is 374 g/mol. The number of rotatable bonds is 4. The SMILES string of the molecule is CNC1CCC(C(C)C)CC1S(=O)(=O)c1ccccc1Br. The first kappa shape index (κ1) is 17.0. The molecule has 0 amide bonds.